The van der Waals surface area contributed by atoms with Crippen molar-refractivity contribution in [3.8, 4) is 0 Å². The molecule has 13 heteroatoms. The number of carboxylic acid groups (broad SMARTS) is 1. The first-order valence-corrected chi connectivity index (χ1v) is 15.3. The Morgan fingerprint density at radius 1 is 0.884 bits per heavy atom. The van der Waals surface area contributed by atoms with Gasteiger partial charge in [0.25, 0.3) is 0 Å². The number of carbonyl (C=O) groups is 4. The number of fused-ring (bicyclic) bond motifs is 5. The normalized spacial score (nSPS) is 47.4. The molecule has 4 N–H and O–H groups in total. The van der Waals surface area contributed by atoms with E-state index in [1.807, 2.05) is 6.92 Å². The minimum atomic E-state index is -1.83. The van der Waals surface area contributed by atoms with E-state index in [1.165, 1.54) is 13.8 Å². The Morgan fingerprint density at radius 3 is 2.21 bits per heavy atom. The molecule has 242 valence electrons. The minimum absolute atomic E-state index is 0.114. The van der Waals surface area contributed by atoms with Gasteiger partial charge in [0.15, 0.2) is 23.8 Å². The summed E-state index contributed by atoms with van der Waals surface area (Å²) in [4.78, 5) is 48.2. The van der Waals surface area contributed by atoms with Crippen molar-refractivity contribution in [2.75, 3.05) is 6.61 Å². The molecule has 5 rings (SSSR count). The van der Waals surface area contributed by atoms with Gasteiger partial charge >= 0.3 is 17.9 Å². The van der Waals surface area contributed by atoms with E-state index >= 15 is 4.39 Å². The first-order valence-electron chi connectivity index (χ1n) is 15.3. The lowest BCUT2D eigenvalue weighted by Gasteiger charge is -2.61. The molecule has 4 saturated carbocycles. The maximum absolute atomic E-state index is 17.8. The number of esters is 2. The molecule has 1 heterocycles. The number of ether oxygens (including phenoxy) is 4. The van der Waals surface area contributed by atoms with Crippen LogP contribution in [0, 0.1) is 35.0 Å². The summed E-state index contributed by atoms with van der Waals surface area (Å²) in [6.07, 6.45) is -6.42. The van der Waals surface area contributed by atoms with Crippen LogP contribution < -0.4 is 0 Å². The van der Waals surface area contributed by atoms with Gasteiger partial charge in [-0.3, -0.25) is 14.4 Å². The number of carboxylic acids is 1. The third-order valence-corrected chi connectivity index (χ3v) is 11.2. The smallest absolute Gasteiger partial charge is 0.335 e. The van der Waals surface area contributed by atoms with Crippen LogP contribution in [-0.4, -0.2) is 99.3 Å². The fourth-order valence-electron chi connectivity index (χ4n) is 9.39. The predicted octanol–water partition coefficient (Wildman–Crippen LogP) is 1.30. The third kappa shape index (κ3) is 5.60. The Kier molecular flexibility index (Phi) is 8.96. The predicted molar refractivity (Wildman–Crippen MR) is 143 cm³/mol. The molecule has 0 aromatic carbocycles. The standard InChI is InChI=1S/C30H43FO12/c1-13(32)40-12-21(34)20-9-8-18-19-6-4-15-10-16(42-28-25(37)23(35)24(36)26(43-28)27(38)39)5-7-17(15)30(19,31)22(41-14(2)33)11-29(18,20)3/h15-20,22-26,28,35-37H,4-12H2,1-3H3,(H,38,39)/t15-,16-,17-,18-,19-,20+,22+,23+,24-,25+,26-,28?,29-,30-/m0/s1. The molecule has 0 amide bonds. The molecule has 0 aromatic heterocycles. The number of aliphatic hydroxyl groups is 3. The Hall–Kier alpha value is -2.19. The minimum Gasteiger partial charge on any atom is -0.479 e. The number of aliphatic hydroxyl groups excluding tert-OH is 3. The van der Waals surface area contributed by atoms with Gasteiger partial charge in [0.05, 0.1) is 6.10 Å². The van der Waals surface area contributed by atoms with Gasteiger partial charge in [0.2, 0.25) is 0 Å². The van der Waals surface area contributed by atoms with Crippen LogP contribution >= 0.6 is 0 Å². The molecule has 12 nitrogen and oxygen atoms in total. The van der Waals surface area contributed by atoms with Gasteiger partial charge in [-0.2, -0.15) is 0 Å². The molecule has 0 bridgehead atoms. The van der Waals surface area contributed by atoms with E-state index in [9.17, 15) is 39.6 Å². The highest BCUT2D eigenvalue weighted by Crippen LogP contribution is 2.67. The lowest BCUT2D eigenvalue weighted by molar-refractivity contribution is -0.310. The van der Waals surface area contributed by atoms with E-state index in [-0.39, 0.29) is 30.6 Å². The molecule has 0 aromatic rings. The summed E-state index contributed by atoms with van der Waals surface area (Å²) in [7, 11) is 0. The quantitative estimate of drug-likeness (QED) is 0.238. The second kappa shape index (κ2) is 12.0. The van der Waals surface area contributed by atoms with Gasteiger partial charge in [-0.1, -0.05) is 6.92 Å². The van der Waals surface area contributed by atoms with E-state index in [0.29, 0.717) is 44.9 Å². The summed E-state index contributed by atoms with van der Waals surface area (Å²) >= 11 is 0. The molecule has 4 aliphatic carbocycles. The van der Waals surface area contributed by atoms with Gasteiger partial charge in [-0.25, -0.2) is 9.18 Å². The van der Waals surface area contributed by atoms with Crippen molar-refractivity contribution in [3.63, 3.8) is 0 Å². The van der Waals surface area contributed by atoms with Gasteiger partial charge in [-0.05, 0) is 74.5 Å². The van der Waals surface area contributed by atoms with Gasteiger partial charge in [0, 0.05) is 25.7 Å². The number of aliphatic carboxylic acids is 1. The maximum atomic E-state index is 17.8. The van der Waals surface area contributed by atoms with E-state index < -0.39 is 89.7 Å². The number of ketones is 1. The molecule has 5 aliphatic rings. The first-order chi connectivity index (χ1) is 20.2. The fraction of sp³-hybridized carbons (Fsp3) is 0.867. The summed E-state index contributed by atoms with van der Waals surface area (Å²) in [6, 6.07) is 0. The Bertz CT molecular complexity index is 1120. The summed E-state index contributed by atoms with van der Waals surface area (Å²) in [5.74, 6) is -4.44. The van der Waals surface area contributed by atoms with E-state index in [4.69, 9.17) is 18.9 Å². The van der Waals surface area contributed by atoms with Crippen molar-refractivity contribution in [2.45, 2.75) is 121 Å². The maximum Gasteiger partial charge on any atom is 0.335 e. The molecule has 43 heavy (non-hydrogen) atoms. The average molecular weight is 615 g/mol. The van der Waals surface area contributed by atoms with Crippen molar-refractivity contribution in [3.05, 3.63) is 0 Å². The number of hydrogen-bond acceptors (Lipinski definition) is 11. The third-order valence-electron chi connectivity index (χ3n) is 11.2. The molecule has 1 saturated heterocycles. The van der Waals surface area contributed by atoms with Crippen LogP contribution in [0.5, 0.6) is 0 Å². The zero-order valence-corrected chi connectivity index (χ0v) is 24.7. The summed E-state index contributed by atoms with van der Waals surface area (Å²) in [5.41, 5.74) is -2.45. The van der Waals surface area contributed by atoms with Crippen LogP contribution in [0.25, 0.3) is 0 Å². The average Bonchev–Trinajstić information content (AvgIpc) is 3.28. The van der Waals surface area contributed by atoms with E-state index in [2.05, 4.69) is 0 Å². The lowest BCUT2D eigenvalue weighted by Crippen LogP contribution is -2.66. The molecule has 1 aliphatic heterocycles. The zero-order valence-electron chi connectivity index (χ0n) is 24.7. The molecule has 14 atom stereocenters. The lowest BCUT2D eigenvalue weighted by atomic mass is 9.47. The van der Waals surface area contributed by atoms with Crippen molar-refractivity contribution < 1.29 is 62.9 Å². The monoisotopic (exact) mass is 614 g/mol. The van der Waals surface area contributed by atoms with Gasteiger partial charge in [-0.15, -0.1) is 0 Å². The van der Waals surface area contributed by atoms with Crippen molar-refractivity contribution in [2.24, 2.45) is 35.0 Å². The van der Waals surface area contributed by atoms with E-state index in [1.54, 1.807) is 0 Å². The van der Waals surface area contributed by atoms with Crippen LogP contribution in [-0.2, 0) is 38.1 Å². The van der Waals surface area contributed by atoms with Crippen molar-refractivity contribution in [1.29, 1.82) is 0 Å². The molecule has 0 spiro atoms. The number of alkyl halides is 1. The second-order valence-corrected chi connectivity index (χ2v) is 13.5. The molecule has 5 fully saturated rings. The summed E-state index contributed by atoms with van der Waals surface area (Å²) in [5, 5.41) is 39.9. The van der Waals surface area contributed by atoms with Crippen molar-refractivity contribution in [1.82, 2.24) is 0 Å². The summed E-state index contributed by atoms with van der Waals surface area (Å²) in [6.45, 7) is 4.13. The van der Waals surface area contributed by atoms with Gasteiger partial charge in [0.1, 0.15) is 31.0 Å². The number of rotatable bonds is 7. The fourth-order valence-corrected chi connectivity index (χ4v) is 9.39. The zero-order chi connectivity index (χ0) is 31.4. The highest BCUT2D eigenvalue weighted by molar-refractivity contribution is 5.85. The van der Waals surface area contributed by atoms with Crippen LogP contribution in [0.2, 0.25) is 0 Å². The molecule has 1 unspecified atom stereocenters. The topological polar surface area (TPSA) is 186 Å². The first kappa shape index (κ1) is 32.2. The largest absolute Gasteiger partial charge is 0.479 e. The summed E-state index contributed by atoms with van der Waals surface area (Å²) < 4.78 is 39.7. The molecular weight excluding hydrogens is 571 g/mol. The molecular formula is C30H43FO12. The van der Waals surface area contributed by atoms with Gasteiger partial charge < -0.3 is 39.4 Å². The number of halogens is 1. The van der Waals surface area contributed by atoms with Crippen LogP contribution in [0.4, 0.5) is 4.39 Å². The van der Waals surface area contributed by atoms with Crippen LogP contribution in [0.15, 0.2) is 0 Å². The molecule has 0 radical (unpaired) electrons. The SMILES string of the molecule is CC(=O)OCC(=O)[C@H]1CC[C@H]2[C@@H]3CC[C@H]4C[C@@H](OC5O[C@H](C(=O)O)[C@@H](O)[C@@H](O)[C@H]5O)CC[C@@H]4[C@@]3(F)[C@H](OC(C)=O)C[C@]12C. The van der Waals surface area contributed by atoms with Crippen LogP contribution in [0.3, 0.4) is 0 Å². The number of carbonyl (C=O) groups excluding carboxylic acids is 3. The Morgan fingerprint density at radius 2 is 1.56 bits per heavy atom. The Balaban J connectivity index is 1.33. The highest BCUT2D eigenvalue weighted by atomic mass is 19.1. The Labute approximate surface area is 249 Å². The number of Topliss-reactive ketones (excluding diaryl/α,β-unsaturated/α-hetero) is 1. The van der Waals surface area contributed by atoms with Crippen molar-refractivity contribution >= 4 is 23.7 Å². The second-order valence-electron chi connectivity index (χ2n) is 13.5. The van der Waals surface area contributed by atoms with E-state index in [0.717, 1.165) is 0 Å². The van der Waals surface area contributed by atoms with Crippen LogP contribution in [0.1, 0.15) is 72.1 Å². The highest BCUT2D eigenvalue weighted by Gasteiger charge is 2.69. The number of hydrogen-bond donors (Lipinski definition) is 4.